The fraction of sp³-hybridized carbons (Fsp3) is 0.200. The van der Waals surface area contributed by atoms with Gasteiger partial charge in [-0.25, -0.2) is 0 Å². The van der Waals surface area contributed by atoms with Crippen molar-refractivity contribution in [2.24, 2.45) is 5.16 Å². The number of ketones is 1. The Balaban J connectivity index is 2.81. The number of hydrogen-bond donors (Lipinski definition) is 0. The third kappa shape index (κ3) is 2.71. The van der Waals surface area contributed by atoms with E-state index in [1.807, 2.05) is 12.1 Å². The zero-order chi connectivity index (χ0) is 9.68. The summed E-state index contributed by atoms with van der Waals surface area (Å²) in [4.78, 5) is 15.4. The summed E-state index contributed by atoms with van der Waals surface area (Å²) >= 11 is 0. The van der Waals surface area contributed by atoms with Crippen molar-refractivity contribution in [1.29, 1.82) is 0 Å². The van der Waals surface area contributed by atoms with Crippen LogP contribution in [0.15, 0.2) is 29.4 Å². The highest BCUT2D eigenvalue weighted by Gasteiger charge is 1.96. The highest BCUT2D eigenvalue weighted by atomic mass is 16.6. The highest BCUT2D eigenvalue weighted by molar-refractivity contribution is 5.94. The number of hydrogen-bond acceptors (Lipinski definition) is 3. The van der Waals surface area contributed by atoms with E-state index in [-0.39, 0.29) is 5.78 Å². The van der Waals surface area contributed by atoms with E-state index in [0.29, 0.717) is 5.56 Å². The molecule has 0 saturated heterocycles. The summed E-state index contributed by atoms with van der Waals surface area (Å²) in [5.74, 6) is 0.0650. The second-order valence-electron chi connectivity index (χ2n) is 2.60. The van der Waals surface area contributed by atoms with Crippen LogP contribution in [-0.2, 0) is 4.84 Å². The molecule has 0 N–H and O–H groups in total. The van der Waals surface area contributed by atoms with Gasteiger partial charge in [0.15, 0.2) is 5.78 Å². The van der Waals surface area contributed by atoms with Crippen LogP contribution in [0.5, 0.6) is 0 Å². The van der Waals surface area contributed by atoms with E-state index in [9.17, 15) is 4.79 Å². The Bertz CT molecular complexity index is 314. The van der Waals surface area contributed by atoms with Crippen molar-refractivity contribution in [3.05, 3.63) is 35.4 Å². The molecule has 0 heterocycles. The molecule has 1 rings (SSSR count). The monoisotopic (exact) mass is 177 g/mol. The van der Waals surface area contributed by atoms with Crippen LogP contribution >= 0.6 is 0 Å². The Morgan fingerprint density at radius 2 is 2.00 bits per heavy atom. The molecule has 0 aliphatic heterocycles. The average molecular weight is 177 g/mol. The van der Waals surface area contributed by atoms with E-state index >= 15 is 0 Å². The van der Waals surface area contributed by atoms with Crippen LogP contribution in [0.1, 0.15) is 22.8 Å². The summed E-state index contributed by atoms with van der Waals surface area (Å²) < 4.78 is 0. The Kier molecular flexibility index (Phi) is 3.20. The molecule has 0 aliphatic carbocycles. The van der Waals surface area contributed by atoms with Crippen molar-refractivity contribution in [1.82, 2.24) is 0 Å². The molecule has 0 atom stereocenters. The Hall–Kier alpha value is -1.64. The lowest BCUT2D eigenvalue weighted by Gasteiger charge is -1.95. The maximum atomic E-state index is 10.9. The lowest BCUT2D eigenvalue weighted by molar-refractivity contribution is 0.101. The van der Waals surface area contributed by atoms with Gasteiger partial charge < -0.3 is 4.84 Å². The predicted octanol–water partition coefficient (Wildman–Crippen LogP) is 1.87. The fourth-order valence-corrected chi connectivity index (χ4v) is 0.917. The number of rotatable bonds is 3. The van der Waals surface area contributed by atoms with Crippen LogP contribution in [0.4, 0.5) is 0 Å². The van der Waals surface area contributed by atoms with Gasteiger partial charge in [-0.3, -0.25) is 4.79 Å². The first-order chi connectivity index (χ1) is 6.24. The molecule has 0 unspecified atom stereocenters. The Morgan fingerprint density at radius 3 is 2.46 bits per heavy atom. The van der Waals surface area contributed by atoms with Gasteiger partial charge in [0.2, 0.25) is 0 Å². The normalized spacial score (nSPS) is 10.3. The van der Waals surface area contributed by atoms with Crippen LogP contribution in [0.2, 0.25) is 0 Å². The lowest BCUT2D eigenvalue weighted by atomic mass is 10.1. The SMILES string of the molecule is CON=Cc1ccc(C(C)=O)cc1. The van der Waals surface area contributed by atoms with Crippen molar-refractivity contribution in [3.8, 4) is 0 Å². The van der Waals surface area contributed by atoms with Gasteiger partial charge in [-0.2, -0.15) is 0 Å². The van der Waals surface area contributed by atoms with E-state index in [1.54, 1.807) is 18.3 Å². The summed E-state index contributed by atoms with van der Waals surface area (Å²) in [5.41, 5.74) is 1.61. The van der Waals surface area contributed by atoms with Gasteiger partial charge in [0, 0.05) is 5.56 Å². The van der Waals surface area contributed by atoms with Gasteiger partial charge in [0.05, 0.1) is 6.21 Å². The average Bonchev–Trinajstić information content (AvgIpc) is 2.15. The molecule has 13 heavy (non-hydrogen) atoms. The van der Waals surface area contributed by atoms with E-state index < -0.39 is 0 Å². The zero-order valence-electron chi connectivity index (χ0n) is 7.65. The quantitative estimate of drug-likeness (QED) is 0.401. The van der Waals surface area contributed by atoms with Crippen LogP contribution < -0.4 is 0 Å². The van der Waals surface area contributed by atoms with Crippen LogP contribution in [0.3, 0.4) is 0 Å². The molecule has 0 saturated carbocycles. The van der Waals surface area contributed by atoms with Gasteiger partial charge in [-0.15, -0.1) is 0 Å². The molecule has 0 amide bonds. The Morgan fingerprint density at radius 1 is 1.38 bits per heavy atom. The third-order valence-electron chi connectivity index (χ3n) is 1.62. The number of benzene rings is 1. The fourth-order valence-electron chi connectivity index (χ4n) is 0.917. The second kappa shape index (κ2) is 4.40. The number of oxime groups is 1. The molecular formula is C10H11NO2. The molecule has 0 fully saturated rings. The summed E-state index contributed by atoms with van der Waals surface area (Å²) in [6, 6.07) is 7.16. The van der Waals surface area contributed by atoms with Crippen molar-refractivity contribution < 1.29 is 9.63 Å². The molecule has 0 aromatic heterocycles. The first-order valence-electron chi connectivity index (χ1n) is 3.91. The van der Waals surface area contributed by atoms with Gasteiger partial charge in [-0.1, -0.05) is 29.4 Å². The maximum Gasteiger partial charge on any atom is 0.159 e. The molecule has 0 aliphatic rings. The predicted molar refractivity (Wildman–Crippen MR) is 51.0 cm³/mol. The molecular weight excluding hydrogens is 166 g/mol. The maximum absolute atomic E-state index is 10.9. The van der Waals surface area contributed by atoms with Crippen molar-refractivity contribution in [2.75, 3.05) is 7.11 Å². The van der Waals surface area contributed by atoms with Crippen LogP contribution in [-0.4, -0.2) is 19.1 Å². The highest BCUT2D eigenvalue weighted by Crippen LogP contribution is 2.02. The van der Waals surface area contributed by atoms with Crippen molar-refractivity contribution in [3.63, 3.8) is 0 Å². The second-order valence-corrected chi connectivity index (χ2v) is 2.60. The largest absolute Gasteiger partial charge is 0.399 e. The van der Waals surface area contributed by atoms with Crippen LogP contribution in [0, 0.1) is 0 Å². The zero-order valence-corrected chi connectivity index (χ0v) is 7.65. The molecule has 1 aromatic carbocycles. The first kappa shape index (κ1) is 9.45. The molecule has 0 radical (unpaired) electrons. The summed E-state index contributed by atoms with van der Waals surface area (Å²) in [7, 11) is 1.49. The minimum Gasteiger partial charge on any atom is -0.399 e. The standard InChI is InChI=1S/C10H11NO2/c1-8(12)10-5-3-9(4-6-10)7-11-13-2/h3-7H,1-2H3. The summed E-state index contributed by atoms with van der Waals surface area (Å²) in [6.45, 7) is 1.54. The van der Waals surface area contributed by atoms with Gasteiger partial charge in [-0.05, 0) is 12.5 Å². The molecule has 68 valence electrons. The molecule has 0 bridgehead atoms. The minimum atomic E-state index is 0.0650. The number of carbonyl (C=O) groups excluding carboxylic acids is 1. The van der Waals surface area contributed by atoms with Crippen LogP contribution in [0.25, 0.3) is 0 Å². The topological polar surface area (TPSA) is 38.7 Å². The van der Waals surface area contributed by atoms with Crippen molar-refractivity contribution >= 4 is 12.0 Å². The van der Waals surface area contributed by atoms with Crippen molar-refractivity contribution in [2.45, 2.75) is 6.92 Å². The summed E-state index contributed by atoms with van der Waals surface area (Å²) in [5, 5.41) is 3.61. The molecule has 3 heteroatoms. The minimum absolute atomic E-state index is 0.0650. The number of carbonyl (C=O) groups is 1. The molecule has 3 nitrogen and oxygen atoms in total. The van der Waals surface area contributed by atoms with Gasteiger partial charge >= 0.3 is 0 Å². The lowest BCUT2D eigenvalue weighted by Crippen LogP contribution is -1.91. The van der Waals surface area contributed by atoms with E-state index in [2.05, 4.69) is 9.99 Å². The van der Waals surface area contributed by atoms with E-state index in [4.69, 9.17) is 0 Å². The number of nitrogens with zero attached hydrogens (tertiary/aromatic N) is 1. The number of Topliss-reactive ketones (excluding diaryl/α,β-unsaturated/α-hetero) is 1. The summed E-state index contributed by atoms with van der Waals surface area (Å²) in [6.07, 6.45) is 1.59. The first-order valence-corrected chi connectivity index (χ1v) is 3.91. The van der Waals surface area contributed by atoms with E-state index in [0.717, 1.165) is 5.56 Å². The Labute approximate surface area is 77.0 Å². The van der Waals surface area contributed by atoms with E-state index in [1.165, 1.54) is 14.0 Å². The van der Waals surface area contributed by atoms with Gasteiger partial charge in [0.25, 0.3) is 0 Å². The molecule has 0 spiro atoms. The van der Waals surface area contributed by atoms with Gasteiger partial charge in [0.1, 0.15) is 7.11 Å². The third-order valence-corrected chi connectivity index (χ3v) is 1.62. The smallest absolute Gasteiger partial charge is 0.159 e. The molecule has 1 aromatic rings.